The average Bonchev–Trinajstić information content (AvgIpc) is 2.29. The molecule has 3 N–H and O–H groups in total. The van der Waals surface area contributed by atoms with Gasteiger partial charge in [0, 0.05) is 39.0 Å². The predicted octanol–water partition coefficient (Wildman–Crippen LogP) is 1.92. The summed E-state index contributed by atoms with van der Waals surface area (Å²) in [7, 11) is -0.837. The van der Waals surface area contributed by atoms with Crippen LogP contribution >= 0.6 is 15.9 Å². The summed E-state index contributed by atoms with van der Waals surface area (Å²) in [6, 6.07) is 5.13. The molecule has 0 aliphatic rings. The van der Waals surface area contributed by atoms with Gasteiger partial charge in [-0.2, -0.15) is 0 Å². The Morgan fingerprint density at radius 1 is 1.56 bits per heavy atom. The Balaban J connectivity index is 2.64. The molecule has 0 aliphatic carbocycles. The molecule has 0 radical (unpaired) electrons. The van der Waals surface area contributed by atoms with E-state index in [0.29, 0.717) is 23.4 Å². The zero-order valence-electron chi connectivity index (χ0n) is 10.4. The second-order valence-corrected chi connectivity index (χ2v) is 6.64. The van der Waals surface area contributed by atoms with Gasteiger partial charge in [-0.05, 0) is 31.5 Å². The smallest absolute Gasteiger partial charge is 0.253 e. The van der Waals surface area contributed by atoms with E-state index in [1.165, 1.54) is 0 Å². The predicted molar refractivity (Wildman–Crippen MR) is 79.0 cm³/mol. The van der Waals surface area contributed by atoms with Crippen LogP contribution < -0.4 is 11.1 Å². The van der Waals surface area contributed by atoms with E-state index < -0.39 is 10.8 Å². The highest BCUT2D eigenvalue weighted by molar-refractivity contribution is 9.10. The van der Waals surface area contributed by atoms with Crippen molar-refractivity contribution in [1.82, 2.24) is 5.32 Å². The zero-order valence-corrected chi connectivity index (χ0v) is 12.8. The fraction of sp³-hybridized carbons (Fsp3) is 0.417. The molecule has 18 heavy (non-hydrogen) atoms. The van der Waals surface area contributed by atoms with Gasteiger partial charge in [-0.15, -0.1) is 0 Å². The fourth-order valence-corrected chi connectivity index (χ4v) is 2.49. The first-order valence-electron chi connectivity index (χ1n) is 5.56. The first-order valence-corrected chi connectivity index (χ1v) is 8.08. The fourth-order valence-electron chi connectivity index (χ4n) is 1.44. The van der Waals surface area contributed by atoms with Gasteiger partial charge in [-0.3, -0.25) is 9.00 Å². The van der Waals surface area contributed by atoms with E-state index >= 15 is 0 Å². The number of nitrogen functional groups attached to an aromatic ring is 1. The molecule has 2 atom stereocenters. The van der Waals surface area contributed by atoms with Gasteiger partial charge in [-0.25, -0.2) is 0 Å². The minimum atomic E-state index is -0.837. The molecular formula is C12H17BrN2O2S. The first-order chi connectivity index (χ1) is 8.40. The molecule has 0 aromatic heterocycles. The summed E-state index contributed by atoms with van der Waals surface area (Å²) in [4.78, 5) is 12.0. The van der Waals surface area contributed by atoms with Crippen molar-refractivity contribution in [2.45, 2.75) is 19.4 Å². The first kappa shape index (κ1) is 15.2. The lowest BCUT2D eigenvalue weighted by atomic mass is 10.1. The van der Waals surface area contributed by atoms with Gasteiger partial charge in [0.15, 0.2) is 0 Å². The molecule has 0 aliphatic heterocycles. The maximum Gasteiger partial charge on any atom is 0.253 e. The van der Waals surface area contributed by atoms with E-state index in [1.807, 2.05) is 6.92 Å². The van der Waals surface area contributed by atoms with Crippen LogP contribution in [0.5, 0.6) is 0 Å². The number of rotatable bonds is 5. The minimum absolute atomic E-state index is 0.0280. The van der Waals surface area contributed by atoms with Gasteiger partial charge in [0.05, 0.1) is 5.56 Å². The Morgan fingerprint density at radius 2 is 2.22 bits per heavy atom. The van der Waals surface area contributed by atoms with Crippen LogP contribution in [0.3, 0.4) is 0 Å². The summed E-state index contributed by atoms with van der Waals surface area (Å²) >= 11 is 3.30. The van der Waals surface area contributed by atoms with Crippen molar-refractivity contribution < 1.29 is 9.00 Å². The quantitative estimate of drug-likeness (QED) is 0.809. The lowest BCUT2D eigenvalue weighted by molar-refractivity contribution is 0.0940. The van der Waals surface area contributed by atoms with Gasteiger partial charge < -0.3 is 11.1 Å². The molecule has 0 bridgehead atoms. The van der Waals surface area contributed by atoms with E-state index in [1.54, 1.807) is 24.5 Å². The van der Waals surface area contributed by atoms with Gasteiger partial charge in [0.25, 0.3) is 5.91 Å². The van der Waals surface area contributed by atoms with Crippen LogP contribution in [0.4, 0.5) is 5.69 Å². The minimum Gasteiger partial charge on any atom is -0.398 e. The van der Waals surface area contributed by atoms with Crippen molar-refractivity contribution in [3.05, 3.63) is 28.2 Å². The normalized spacial score (nSPS) is 13.9. The summed E-state index contributed by atoms with van der Waals surface area (Å²) in [6.45, 7) is 1.89. The number of anilines is 1. The topological polar surface area (TPSA) is 72.2 Å². The maximum atomic E-state index is 12.0. The lowest BCUT2D eigenvalue weighted by Crippen LogP contribution is -2.33. The largest absolute Gasteiger partial charge is 0.398 e. The van der Waals surface area contributed by atoms with Crippen molar-refractivity contribution in [1.29, 1.82) is 0 Å². The summed E-state index contributed by atoms with van der Waals surface area (Å²) in [6.07, 6.45) is 2.34. The molecule has 1 aromatic carbocycles. The molecule has 1 aromatic rings. The molecule has 0 saturated carbocycles. The second-order valence-electron chi connectivity index (χ2n) is 4.17. The van der Waals surface area contributed by atoms with Gasteiger partial charge in [-0.1, -0.05) is 15.9 Å². The van der Waals surface area contributed by atoms with Gasteiger partial charge in [0.2, 0.25) is 0 Å². The maximum absolute atomic E-state index is 12.0. The van der Waals surface area contributed by atoms with Crippen LogP contribution in [0, 0.1) is 0 Å². The number of hydrogen-bond donors (Lipinski definition) is 2. The molecular weight excluding hydrogens is 316 g/mol. The third kappa shape index (κ3) is 4.78. The summed E-state index contributed by atoms with van der Waals surface area (Å²) in [5.41, 5.74) is 6.66. The number of carbonyl (C=O) groups is 1. The Kier molecular flexibility index (Phi) is 5.81. The van der Waals surface area contributed by atoms with Crippen molar-refractivity contribution in [2.24, 2.45) is 0 Å². The number of nitrogens with one attached hydrogen (secondary N) is 1. The molecule has 1 amide bonds. The number of amides is 1. The van der Waals surface area contributed by atoms with Crippen molar-refractivity contribution in [2.75, 3.05) is 17.7 Å². The van der Waals surface area contributed by atoms with E-state index in [2.05, 4.69) is 21.2 Å². The Bertz CT molecular complexity index is 465. The molecule has 100 valence electrons. The van der Waals surface area contributed by atoms with E-state index in [0.717, 1.165) is 4.47 Å². The highest BCUT2D eigenvalue weighted by atomic mass is 79.9. The van der Waals surface area contributed by atoms with E-state index in [9.17, 15) is 9.00 Å². The summed E-state index contributed by atoms with van der Waals surface area (Å²) in [5.74, 6) is 0.373. The lowest BCUT2D eigenvalue weighted by Gasteiger charge is -2.14. The Morgan fingerprint density at radius 3 is 2.83 bits per heavy atom. The van der Waals surface area contributed by atoms with Crippen molar-refractivity contribution >= 4 is 38.3 Å². The third-order valence-corrected chi connectivity index (χ3v) is 3.78. The van der Waals surface area contributed by atoms with Crippen LogP contribution in [0.2, 0.25) is 0 Å². The standard InChI is InChI=1S/C12H17BrN2O2S/c1-8(5-6-18(2)17)15-12(16)10-7-9(13)3-4-11(10)14/h3-4,7-8H,5-6,14H2,1-2H3,(H,15,16). The molecule has 4 nitrogen and oxygen atoms in total. The van der Waals surface area contributed by atoms with E-state index in [4.69, 9.17) is 5.73 Å². The molecule has 2 unspecified atom stereocenters. The van der Waals surface area contributed by atoms with Crippen LogP contribution in [0.25, 0.3) is 0 Å². The number of hydrogen-bond acceptors (Lipinski definition) is 3. The van der Waals surface area contributed by atoms with Crippen molar-refractivity contribution in [3.63, 3.8) is 0 Å². The molecule has 6 heteroatoms. The van der Waals surface area contributed by atoms with E-state index in [-0.39, 0.29) is 11.9 Å². The van der Waals surface area contributed by atoms with Gasteiger partial charge in [0.1, 0.15) is 0 Å². The number of nitrogens with two attached hydrogens (primary N) is 1. The highest BCUT2D eigenvalue weighted by Gasteiger charge is 2.13. The number of halogens is 1. The molecule has 0 saturated heterocycles. The molecule has 1 rings (SSSR count). The molecule has 0 spiro atoms. The average molecular weight is 333 g/mol. The third-order valence-electron chi connectivity index (χ3n) is 2.48. The van der Waals surface area contributed by atoms with Crippen LogP contribution in [0.1, 0.15) is 23.7 Å². The van der Waals surface area contributed by atoms with Crippen LogP contribution in [-0.2, 0) is 10.8 Å². The Labute approximate surface area is 118 Å². The highest BCUT2D eigenvalue weighted by Crippen LogP contribution is 2.18. The molecule has 0 heterocycles. The van der Waals surface area contributed by atoms with Crippen LogP contribution in [-0.4, -0.2) is 28.2 Å². The Hall–Kier alpha value is -0.880. The monoisotopic (exact) mass is 332 g/mol. The number of benzene rings is 1. The van der Waals surface area contributed by atoms with Gasteiger partial charge >= 0.3 is 0 Å². The number of carbonyl (C=O) groups excluding carboxylic acids is 1. The second kappa shape index (κ2) is 6.89. The van der Waals surface area contributed by atoms with Crippen molar-refractivity contribution in [3.8, 4) is 0 Å². The van der Waals surface area contributed by atoms with Crippen LogP contribution in [0.15, 0.2) is 22.7 Å². The SMILES string of the molecule is CC(CCS(C)=O)NC(=O)c1cc(Br)ccc1N. The summed E-state index contributed by atoms with van der Waals surface area (Å²) in [5, 5.41) is 2.85. The molecule has 0 fully saturated rings. The zero-order chi connectivity index (χ0) is 13.7. The summed E-state index contributed by atoms with van der Waals surface area (Å²) < 4.78 is 11.8.